The van der Waals surface area contributed by atoms with Gasteiger partial charge in [-0.25, -0.2) is 19.9 Å². The van der Waals surface area contributed by atoms with Gasteiger partial charge in [0.05, 0.1) is 18.0 Å². The number of nitrogens with zero attached hydrogens (tertiary/aromatic N) is 3. The van der Waals surface area contributed by atoms with Gasteiger partial charge in [-0.15, -0.1) is 0 Å². The molecule has 0 aromatic heterocycles. The second-order valence-electron chi connectivity index (χ2n) is 5.83. The summed E-state index contributed by atoms with van der Waals surface area (Å²) >= 11 is 0. The van der Waals surface area contributed by atoms with Gasteiger partial charge < -0.3 is 9.64 Å². The Kier molecular flexibility index (Phi) is 6.71. The van der Waals surface area contributed by atoms with Crippen molar-refractivity contribution in [2.75, 3.05) is 18.1 Å². The Morgan fingerprint density at radius 1 is 1.23 bits per heavy atom. The number of ether oxygens (including phenoxy) is 1. The van der Waals surface area contributed by atoms with Crippen LogP contribution < -0.4 is 10.3 Å². The minimum absolute atomic E-state index is 0.214. The lowest BCUT2D eigenvalue weighted by Gasteiger charge is -2.21. The number of para-hydroxylation sites is 1. The van der Waals surface area contributed by atoms with E-state index in [1.54, 1.807) is 38.1 Å². The fourth-order valence-electron chi connectivity index (χ4n) is 2.72. The van der Waals surface area contributed by atoms with Crippen molar-refractivity contribution < 1.29 is 19.1 Å². The summed E-state index contributed by atoms with van der Waals surface area (Å²) in [6.45, 7) is 5.94. The molecule has 1 fully saturated rings. The van der Waals surface area contributed by atoms with E-state index >= 15 is 0 Å². The number of carbonyl (C=O) groups excluding carboxylic acids is 3. The van der Waals surface area contributed by atoms with E-state index in [9.17, 15) is 14.4 Å². The predicted molar refractivity (Wildman–Crippen MR) is 98.0 cm³/mol. The molecule has 1 aliphatic heterocycles. The van der Waals surface area contributed by atoms with Gasteiger partial charge in [0.1, 0.15) is 0 Å². The molecule has 26 heavy (non-hydrogen) atoms. The third-order valence-corrected chi connectivity index (χ3v) is 3.96. The summed E-state index contributed by atoms with van der Waals surface area (Å²) in [5.41, 5.74) is 3.08. The molecule has 2 rings (SSSR count). The summed E-state index contributed by atoms with van der Waals surface area (Å²) in [7, 11) is 0. The predicted octanol–water partition coefficient (Wildman–Crippen LogP) is 2.75. The number of unbranched alkanes of at least 4 members (excludes halogenated alkanes) is 1. The van der Waals surface area contributed by atoms with Crippen LogP contribution in [0, 0.1) is 0 Å². The van der Waals surface area contributed by atoms with Gasteiger partial charge in [-0.05, 0) is 32.4 Å². The molecule has 8 nitrogen and oxygen atoms in total. The quantitative estimate of drug-likeness (QED) is 0.460. The first-order chi connectivity index (χ1) is 12.5. The normalized spacial score (nSPS) is 17.7. The van der Waals surface area contributed by atoms with Crippen LogP contribution in [-0.2, 0) is 9.53 Å². The molecule has 1 aliphatic rings. The maximum Gasteiger partial charge on any atom is 0.427 e. The average Bonchev–Trinajstić information content (AvgIpc) is 2.88. The Morgan fingerprint density at radius 2 is 1.92 bits per heavy atom. The lowest BCUT2D eigenvalue weighted by Crippen LogP contribution is -2.41. The van der Waals surface area contributed by atoms with Gasteiger partial charge in [0.15, 0.2) is 6.04 Å². The fourth-order valence-corrected chi connectivity index (χ4v) is 2.72. The zero-order valence-corrected chi connectivity index (χ0v) is 15.3. The number of imide groups is 1. The van der Waals surface area contributed by atoms with Gasteiger partial charge in [-0.2, -0.15) is 5.10 Å². The highest BCUT2D eigenvalue weighted by Gasteiger charge is 2.47. The Labute approximate surface area is 152 Å². The summed E-state index contributed by atoms with van der Waals surface area (Å²) in [4.78, 5) is 39.9. The van der Waals surface area contributed by atoms with Crippen molar-refractivity contribution >= 4 is 29.4 Å². The second kappa shape index (κ2) is 8.98. The molecule has 140 valence electrons. The van der Waals surface area contributed by atoms with Crippen LogP contribution in [0.2, 0.25) is 0 Å². The zero-order chi connectivity index (χ0) is 19.1. The van der Waals surface area contributed by atoms with Crippen LogP contribution in [0.25, 0.3) is 0 Å². The molecular formula is C18H24N4O4. The Hall–Kier alpha value is -2.90. The molecule has 1 heterocycles. The highest BCUT2D eigenvalue weighted by Crippen LogP contribution is 2.26. The monoisotopic (exact) mass is 360 g/mol. The van der Waals surface area contributed by atoms with Gasteiger partial charge in [-0.1, -0.05) is 31.5 Å². The van der Waals surface area contributed by atoms with Crippen LogP contribution in [0.15, 0.2) is 35.4 Å². The number of rotatable bonds is 7. The van der Waals surface area contributed by atoms with Crippen molar-refractivity contribution in [2.45, 2.75) is 39.7 Å². The van der Waals surface area contributed by atoms with Gasteiger partial charge in [-0.3, -0.25) is 4.79 Å². The number of hydrazone groups is 1. The van der Waals surface area contributed by atoms with Crippen molar-refractivity contribution in [3.05, 3.63) is 30.3 Å². The van der Waals surface area contributed by atoms with Crippen LogP contribution in [0.4, 0.5) is 15.3 Å². The highest BCUT2D eigenvalue weighted by atomic mass is 16.5. The molecule has 1 atom stereocenters. The van der Waals surface area contributed by atoms with Crippen molar-refractivity contribution in [2.24, 2.45) is 5.10 Å². The first-order valence-electron chi connectivity index (χ1n) is 8.67. The maximum atomic E-state index is 12.9. The minimum Gasteiger partial charge on any atom is -0.449 e. The Morgan fingerprint density at radius 3 is 2.54 bits per heavy atom. The third kappa shape index (κ3) is 4.19. The largest absolute Gasteiger partial charge is 0.449 e. The molecule has 4 amide bonds. The smallest absolute Gasteiger partial charge is 0.427 e. The zero-order valence-electron chi connectivity index (χ0n) is 15.3. The average molecular weight is 360 g/mol. The van der Waals surface area contributed by atoms with Crippen LogP contribution in [-0.4, -0.2) is 47.8 Å². The van der Waals surface area contributed by atoms with E-state index in [0.29, 0.717) is 17.9 Å². The molecule has 1 saturated heterocycles. The number of benzene rings is 1. The number of hydrogen-bond donors (Lipinski definition) is 1. The van der Waals surface area contributed by atoms with E-state index in [2.05, 4.69) is 10.5 Å². The van der Waals surface area contributed by atoms with Gasteiger partial charge in [0, 0.05) is 6.54 Å². The molecule has 0 aliphatic carbocycles. The topological polar surface area (TPSA) is 91.3 Å². The maximum absolute atomic E-state index is 12.9. The molecule has 1 aromatic carbocycles. The second-order valence-corrected chi connectivity index (χ2v) is 5.83. The summed E-state index contributed by atoms with van der Waals surface area (Å²) in [6, 6.07) is 7.53. The van der Waals surface area contributed by atoms with E-state index in [1.165, 1.54) is 4.90 Å². The molecule has 1 unspecified atom stereocenters. The lowest BCUT2D eigenvalue weighted by atomic mass is 10.1. The highest BCUT2D eigenvalue weighted by molar-refractivity contribution is 6.28. The number of amides is 4. The molecular weight excluding hydrogens is 336 g/mol. The number of nitrogens with one attached hydrogen (secondary N) is 1. The molecule has 0 bridgehead atoms. The number of urea groups is 1. The summed E-state index contributed by atoms with van der Waals surface area (Å²) in [5.74, 6) is -0.385. The lowest BCUT2D eigenvalue weighted by molar-refractivity contribution is -0.118. The Bertz CT molecular complexity index is 690. The number of anilines is 1. The van der Waals surface area contributed by atoms with Gasteiger partial charge in [0.25, 0.3) is 5.91 Å². The number of carbonyl (C=O) groups is 3. The Balaban J connectivity index is 2.28. The summed E-state index contributed by atoms with van der Waals surface area (Å²) in [6.07, 6.45) is 0.938. The van der Waals surface area contributed by atoms with Gasteiger partial charge >= 0.3 is 12.1 Å². The molecule has 1 aromatic rings. The van der Waals surface area contributed by atoms with Gasteiger partial charge in [0.2, 0.25) is 0 Å². The van der Waals surface area contributed by atoms with Crippen molar-refractivity contribution in [3.8, 4) is 0 Å². The van der Waals surface area contributed by atoms with Crippen LogP contribution in [0.3, 0.4) is 0 Å². The van der Waals surface area contributed by atoms with Crippen molar-refractivity contribution in [3.63, 3.8) is 0 Å². The van der Waals surface area contributed by atoms with Crippen molar-refractivity contribution in [1.82, 2.24) is 10.3 Å². The molecule has 0 spiro atoms. The SMILES string of the molecule is CCCCN1C(=O)N(c2ccccc2)C(=O)C1/C(C)=N/NC(=O)OCC. The van der Waals surface area contributed by atoms with Crippen LogP contribution in [0.5, 0.6) is 0 Å². The van der Waals surface area contributed by atoms with Crippen LogP contribution >= 0.6 is 0 Å². The van der Waals surface area contributed by atoms with E-state index in [1.807, 2.05) is 13.0 Å². The van der Waals surface area contributed by atoms with E-state index in [4.69, 9.17) is 4.74 Å². The molecule has 1 N–H and O–H groups in total. The van der Waals surface area contributed by atoms with E-state index in [0.717, 1.165) is 17.7 Å². The first kappa shape index (κ1) is 19.4. The van der Waals surface area contributed by atoms with E-state index in [-0.39, 0.29) is 18.5 Å². The van der Waals surface area contributed by atoms with Crippen LogP contribution in [0.1, 0.15) is 33.6 Å². The fraction of sp³-hybridized carbons (Fsp3) is 0.444. The third-order valence-electron chi connectivity index (χ3n) is 3.96. The minimum atomic E-state index is -0.851. The molecule has 0 radical (unpaired) electrons. The van der Waals surface area contributed by atoms with Crippen molar-refractivity contribution in [1.29, 1.82) is 0 Å². The van der Waals surface area contributed by atoms with E-state index < -0.39 is 12.1 Å². The first-order valence-corrected chi connectivity index (χ1v) is 8.67. The summed E-state index contributed by atoms with van der Waals surface area (Å²) in [5, 5.41) is 3.95. The number of hydrogen-bond acceptors (Lipinski definition) is 5. The standard InChI is InChI=1S/C18H24N4O4/c1-4-6-12-21-15(13(3)19-20-17(24)26-5-2)16(23)22(18(21)25)14-10-8-7-9-11-14/h7-11,15H,4-6,12H2,1-3H3,(H,20,24)/b19-13+. The summed E-state index contributed by atoms with van der Waals surface area (Å²) < 4.78 is 4.75. The molecule has 8 heteroatoms. The molecule has 0 saturated carbocycles.